The Balaban J connectivity index is 2.15. The quantitative estimate of drug-likeness (QED) is 0.915. The van der Waals surface area contributed by atoms with Gasteiger partial charge in [-0.15, -0.1) is 0 Å². The lowest BCUT2D eigenvalue weighted by atomic mass is 10.2. The van der Waals surface area contributed by atoms with Crippen molar-refractivity contribution >= 4 is 23.6 Å². The van der Waals surface area contributed by atoms with E-state index in [1.54, 1.807) is 26.1 Å². The fraction of sp³-hybridized carbons (Fsp3) is 0.167. The van der Waals surface area contributed by atoms with Crippen LogP contribution in [0.15, 0.2) is 48.5 Å². The van der Waals surface area contributed by atoms with Gasteiger partial charge in [0.15, 0.2) is 0 Å². The first-order valence-corrected chi connectivity index (χ1v) is 7.53. The number of carbonyl (C=O) groups excluding carboxylic acids is 2. The zero-order chi connectivity index (χ0) is 18.2. The highest BCUT2D eigenvalue weighted by Gasteiger charge is 2.15. The number of nitrogens with zero attached hydrogens (tertiary/aromatic N) is 2. The van der Waals surface area contributed by atoms with Crippen molar-refractivity contribution in [3.63, 3.8) is 0 Å². The summed E-state index contributed by atoms with van der Waals surface area (Å²) in [6.45, 7) is 1.87. The van der Waals surface area contributed by atoms with Crippen molar-refractivity contribution in [3.8, 4) is 11.8 Å². The van der Waals surface area contributed by atoms with E-state index in [9.17, 15) is 9.59 Å². The van der Waals surface area contributed by atoms with Crippen LogP contribution in [0.4, 0.5) is 21.0 Å². The molecule has 0 atom stereocenters. The summed E-state index contributed by atoms with van der Waals surface area (Å²) in [4.78, 5) is 25.1. The summed E-state index contributed by atoms with van der Waals surface area (Å²) in [7, 11) is 1.58. The van der Waals surface area contributed by atoms with Gasteiger partial charge in [-0.1, -0.05) is 18.2 Å². The molecule has 0 saturated heterocycles. The molecule has 7 nitrogen and oxygen atoms in total. The molecule has 0 bridgehead atoms. The number of rotatable bonds is 4. The fourth-order valence-corrected chi connectivity index (χ4v) is 1.99. The highest BCUT2D eigenvalue weighted by molar-refractivity contribution is 5.90. The molecule has 7 heteroatoms. The molecule has 0 radical (unpaired) electrons. The minimum absolute atomic E-state index is 0.193. The van der Waals surface area contributed by atoms with Crippen molar-refractivity contribution < 1.29 is 19.1 Å². The summed E-state index contributed by atoms with van der Waals surface area (Å²) in [5.74, 6) is 0.193. The van der Waals surface area contributed by atoms with Crippen LogP contribution in [0.5, 0.6) is 5.75 Å². The van der Waals surface area contributed by atoms with Gasteiger partial charge in [-0.25, -0.2) is 9.59 Å². The number of hydrogen-bond donors (Lipinski definition) is 1. The van der Waals surface area contributed by atoms with Crippen molar-refractivity contribution in [1.29, 1.82) is 5.26 Å². The van der Waals surface area contributed by atoms with Crippen molar-refractivity contribution in [2.45, 2.75) is 6.92 Å². The van der Waals surface area contributed by atoms with E-state index in [1.807, 2.05) is 24.3 Å². The molecule has 0 aromatic heterocycles. The third-order valence-corrected chi connectivity index (χ3v) is 3.25. The molecule has 1 N–H and O–H groups in total. The van der Waals surface area contributed by atoms with Crippen LogP contribution in [0, 0.1) is 11.3 Å². The molecule has 128 valence electrons. The second kappa shape index (κ2) is 8.36. The number of anilines is 2. The molecule has 0 aliphatic carbocycles. The maximum absolute atomic E-state index is 12.2. The van der Waals surface area contributed by atoms with E-state index in [0.717, 1.165) is 0 Å². The van der Waals surface area contributed by atoms with Crippen LogP contribution >= 0.6 is 0 Å². The Bertz CT molecular complexity index is 800. The molecule has 0 fully saturated rings. The van der Waals surface area contributed by atoms with Gasteiger partial charge in [0.25, 0.3) is 0 Å². The Morgan fingerprint density at radius 1 is 1.20 bits per heavy atom. The van der Waals surface area contributed by atoms with E-state index in [1.165, 1.54) is 23.1 Å². The van der Waals surface area contributed by atoms with Crippen molar-refractivity contribution in [2.24, 2.45) is 0 Å². The van der Waals surface area contributed by atoms with Gasteiger partial charge in [-0.2, -0.15) is 5.26 Å². The van der Waals surface area contributed by atoms with Gasteiger partial charge in [0.1, 0.15) is 11.8 Å². The Hall–Kier alpha value is -3.53. The molecule has 2 rings (SSSR count). The topological polar surface area (TPSA) is 91.7 Å². The number of nitriles is 1. The predicted octanol–water partition coefficient (Wildman–Crippen LogP) is 3.76. The van der Waals surface area contributed by atoms with Crippen molar-refractivity contribution in [2.75, 3.05) is 23.9 Å². The van der Waals surface area contributed by atoms with E-state index in [-0.39, 0.29) is 23.6 Å². The Kier molecular flexibility index (Phi) is 5.96. The minimum atomic E-state index is -0.691. The Morgan fingerprint density at radius 2 is 1.92 bits per heavy atom. The first-order valence-electron chi connectivity index (χ1n) is 7.53. The van der Waals surface area contributed by atoms with Crippen LogP contribution in [0.2, 0.25) is 0 Å². The lowest BCUT2D eigenvalue weighted by Gasteiger charge is -2.17. The van der Waals surface area contributed by atoms with Gasteiger partial charge in [-0.3, -0.25) is 10.2 Å². The van der Waals surface area contributed by atoms with E-state index in [2.05, 4.69) is 5.32 Å². The molecule has 2 aromatic rings. The number of benzene rings is 2. The molecule has 25 heavy (non-hydrogen) atoms. The summed E-state index contributed by atoms with van der Waals surface area (Å²) >= 11 is 0. The molecule has 0 saturated carbocycles. The standard InChI is InChI=1S/C18H17N3O4/c1-3-24-17(22)20-16-11-15(10-9-13(16)12-19)25-18(23)21(2)14-7-5-4-6-8-14/h4-11H,3H2,1-2H3,(H,20,22). The molecule has 2 aromatic carbocycles. The van der Waals surface area contributed by atoms with Crippen LogP contribution in [-0.2, 0) is 4.74 Å². The van der Waals surface area contributed by atoms with Gasteiger partial charge < -0.3 is 9.47 Å². The maximum Gasteiger partial charge on any atom is 0.419 e. The number of para-hydroxylation sites is 1. The first-order chi connectivity index (χ1) is 12.0. The van der Waals surface area contributed by atoms with E-state index < -0.39 is 12.2 Å². The van der Waals surface area contributed by atoms with Gasteiger partial charge in [0.2, 0.25) is 0 Å². The highest BCUT2D eigenvalue weighted by atomic mass is 16.6. The molecular formula is C18H17N3O4. The number of hydrogen-bond acceptors (Lipinski definition) is 5. The number of carbonyl (C=O) groups is 2. The summed E-state index contributed by atoms with van der Waals surface area (Å²) in [5.41, 5.74) is 1.10. The second-order valence-corrected chi connectivity index (χ2v) is 4.93. The summed E-state index contributed by atoms with van der Waals surface area (Å²) < 4.78 is 10.1. The normalized spacial score (nSPS) is 9.64. The van der Waals surface area contributed by atoms with Crippen LogP contribution in [0.25, 0.3) is 0 Å². The lowest BCUT2D eigenvalue weighted by Crippen LogP contribution is -2.29. The molecule has 0 unspecified atom stereocenters. The molecular weight excluding hydrogens is 322 g/mol. The smallest absolute Gasteiger partial charge is 0.419 e. The van der Waals surface area contributed by atoms with Crippen LogP contribution < -0.4 is 15.0 Å². The Labute approximate surface area is 145 Å². The van der Waals surface area contributed by atoms with E-state index in [0.29, 0.717) is 5.69 Å². The molecule has 0 spiro atoms. The maximum atomic E-state index is 12.2. The van der Waals surface area contributed by atoms with Gasteiger partial charge in [0.05, 0.1) is 17.9 Å². The lowest BCUT2D eigenvalue weighted by molar-refractivity contribution is 0.168. The SMILES string of the molecule is CCOC(=O)Nc1cc(OC(=O)N(C)c2ccccc2)ccc1C#N. The van der Waals surface area contributed by atoms with E-state index in [4.69, 9.17) is 14.7 Å². The summed E-state index contributed by atoms with van der Waals surface area (Å²) in [6, 6.07) is 15.3. The van der Waals surface area contributed by atoms with Gasteiger partial charge in [-0.05, 0) is 31.2 Å². The second-order valence-electron chi connectivity index (χ2n) is 4.93. The third kappa shape index (κ3) is 4.72. The summed E-state index contributed by atoms with van der Waals surface area (Å²) in [5, 5.41) is 11.6. The van der Waals surface area contributed by atoms with Crippen molar-refractivity contribution in [1.82, 2.24) is 0 Å². The Morgan fingerprint density at radius 3 is 2.56 bits per heavy atom. The fourth-order valence-electron chi connectivity index (χ4n) is 1.99. The first kappa shape index (κ1) is 17.8. The molecule has 2 amide bonds. The summed E-state index contributed by atoms with van der Waals surface area (Å²) in [6.07, 6.45) is -1.29. The molecule has 0 heterocycles. The monoisotopic (exact) mass is 339 g/mol. The predicted molar refractivity (Wildman–Crippen MR) is 92.7 cm³/mol. The molecule has 0 aliphatic heterocycles. The zero-order valence-electron chi connectivity index (χ0n) is 13.9. The number of ether oxygens (including phenoxy) is 2. The zero-order valence-corrected chi connectivity index (χ0v) is 13.9. The van der Waals surface area contributed by atoms with Gasteiger partial charge >= 0.3 is 12.2 Å². The number of nitrogens with one attached hydrogen (secondary N) is 1. The largest absolute Gasteiger partial charge is 0.450 e. The van der Waals surface area contributed by atoms with Crippen molar-refractivity contribution in [3.05, 3.63) is 54.1 Å². The average Bonchev–Trinajstić information content (AvgIpc) is 2.62. The minimum Gasteiger partial charge on any atom is -0.450 e. The van der Waals surface area contributed by atoms with E-state index >= 15 is 0 Å². The third-order valence-electron chi connectivity index (χ3n) is 3.25. The van der Waals surface area contributed by atoms with Crippen LogP contribution in [0.3, 0.4) is 0 Å². The molecule has 0 aliphatic rings. The average molecular weight is 339 g/mol. The van der Waals surface area contributed by atoms with Gasteiger partial charge in [0, 0.05) is 18.8 Å². The highest BCUT2D eigenvalue weighted by Crippen LogP contribution is 2.23. The van der Waals surface area contributed by atoms with Crippen LogP contribution in [0.1, 0.15) is 12.5 Å². The number of amides is 2. The van der Waals surface area contributed by atoms with Crippen LogP contribution in [-0.4, -0.2) is 25.8 Å².